The zero-order valence-corrected chi connectivity index (χ0v) is 35.5. The van der Waals surface area contributed by atoms with Crippen molar-refractivity contribution in [3.8, 4) is 0 Å². The summed E-state index contributed by atoms with van der Waals surface area (Å²) < 4.78 is 41.5. The standard InChI is InChI=1S/4C8H17O2P.Mo/c4*1-3-5-6-8(4-2)7-11(9)10;/h4*8H,3-7H2,1-2H3;/q;;;;+4. The van der Waals surface area contributed by atoms with Crippen molar-refractivity contribution in [3.05, 3.63) is 0 Å². The van der Waals surface area contributed by atoms with Gasteiger partial charge in [0, 0.05) is 23.7 Å². The molecule has 0 radical (unpaired) electrons. The maximum atomic E-state index is 10.4. The molecule has 0 spiro atoms. The Labute approximate surface area is 296 Å². The van der Waals surface area contributed by atoms with Crippen molar-refractivity contribution in [1.29, 1.82) is 0 Å². The molecule has 8 atom stereocenters. The van der Waals surface area contributed by atoms with Gasteiger partial charge in [-0.25, -0.2) is 0 Å². The van der Waals surface area contributed by atoms with Crippen molar-refractivity contribution in [2.24, 2.45) is 23.7 Å². The third kappa shape index (κ3) is 49.4. The smallest absolute Gasteiger partial charge is 0.596 e. The first-order chi connectivity index (χ1) is 20.8. The van der Waals surface area contributed by atoms with Crippen LogP contribution >= 0.6 is 32.1 Å². The second-order valence-corrected chi connectivity index (χ2v) is 15.8. The number of rotatable bonds is 24. The summed E-state index contributed by atoms with van der Waals surface area (Å²) in [7, 11) is -8.65. The topological polar surface area (TPSA) is 161 Å². The molecule has 0 amide bonds. The fourth-order valence-electron chi connectivity index (χ4n) is 4.51. The van der Waals surface area contributed by atoms with Gasteiger partial charge in [0.15, 0.2) is 0 Å². The van der Waals surface area contributed by atoms with Gasteiger partial charge in [-0.2, -0.15) is 0 Å². The van der Waals surface area contributed by atoms with Crippen LogP contribution in [0.4, 0.5) is 0 Å². The molecule has 8 unspecified atom stereocenters. The molecule has 0 aliphatic rings. The van der Waals surface area contributed by atoms with Crippen LogP contribution in [0.25, 0.3) is 0 Å². The molecule has 266 valence electrons. The van der Waals surface area contributed by atoms with Crippen LogP contribution in [0.2, 0.25) is 0 Å². The van der Waals surface area contributed by atoms with Crippen molar-refractivity contribution in [1.82, 2.24) is 0 Å². The second kappa shape index (κ2) is 43.0. The average Bonchev–Trinajstić information content (AvgIpc) is 2.97. The van der Waals surface area contributed by atoms with Crippen LogP contribution in [-0.4, -0.2) is 24.6 Å². The Kier molecular flexibility index (Phi) is 52.8. The first kappa shape index (κ1) is 55.3. The van der Waals surface area contributed by atoms with E-state index in [1.807, 2.05) is 0 Å². The maximum absolute atomic E-state index is 10.4. The van der Waals surface area contributed by atoms with E-state index in [0.717, 1.165) is 103 Å². The summed E-state index contributed by atoms with van der Waals surface area (Å²) in [5, 5.41) is 0. The molecule has 0 aromatic carbocycles. The quantitative estimate of drug-likeness (QED) is 0.0690. The minimum atomic E-state index is -2.16. The van der Waals surface area contributed by atoms with E-state index in [2.05, 4.69) is 55.4 Å². The monoisotopic (exact) mass is 802 g/mol. The van der Waals surface area contributed by atoms with Crippen LogP contribution in [0.3, 0.4) is 0 Å². The average molecular weight is 801 g/mol. The molecule has 0 bridgehead atoms. The molecular formula is C32H68MoO8P4+4. The Balaban J connectivity index is -0.000000157. The Bertz CT molecular complexity index is 578. The molecule has 0 aliphatic heterocycles. The van der Waals surface area contributed by atoms with Crippen LogP contribution in [-0.2, 0) is 39.3 Å². The molecule has 0 N–H and O–H groups in total. The molecule has 0 aromatic rings. The zero-order chi connectivity index (χ0) is 34.8. The van der Waals surface area contributed by atoms with Gasteiger partial charge in [0.1, 0.15) is 24.6 Å². The van der Waals surface area contributed by atoms with E-state index >= 15 is 0 Å². The van der Waals surface area contributed by atoms with Crippen molar-refractivity contribution in [2.75, 3.05) is 24.6 Å². The van der Waals surface area contributed by atoms with Crippen LogP contribution in [0.1, 0.15) is 158 Å². The van der Waals surface area contributed by atoms with Crippen LogP contribution in [0.15, 0.2) is 0 Å². The molecule has 0 heterocycles. The molecule has 0 aliphatic carbocycles. The Hall–Kier alpha value is 0.928. The van der Waals surface area contributed by atoms with Crippen molar-refractivity contribution in [3.63, 3.8) is 0 Å². The minimum Gasteiger partial charge on any atom is -0.596 e. The van der Waals surface area contributed by atoms with Gasteiger partial charge in [0.25, 0.3) is 0 Å². The van der Waals surface area contributed by atoms with Crippen molar-refractivity contribution < 1.29 is 58.9 Å². The van der Waals surface area contributed by atoms with Gasteiger partial charge >= 0.3 is 53.2 Å². The Morgan fingerprint density at radius 1 is 0.378 bits per heavy atom. The van der Waals surface area contributed by atoms with Crippen molar-refractivity contribution in [2.45, 2.75) is 158 Å². The second-order valence-electron chi connectivity index (χ2n) is 11.7. The fourth-order valence-corrected chi connectivity index (χ4v) is 7.96. The third-order valence-corrected chi connectivity index (χ3v) is 11.1. The summed E-state index contributed by atoms with van der Waals surface area (Å²) in [4.78, 5) is 41.5. The molecule has 8 nitrogen and oxygen atoms in total. The number of hydrogen-bond donors (Lipinski definition) is 0. The summed E-state index contributed by atoms with van der Waals surface area (Å²) >= 11 is 0. The molecule has 0 fully saturated rings. The summed E-state index contributed by atoms with van der Waals surface area (Å²) in [5.41, 5.74) is 0. The van der Waals surface area contributed by atoms with Gasteiger partial charge in [0.05, 0.1) is 0 Å². The van der Waals surface area contributed by atoms with E-state index in [1.165, 1.54) is 0 Å². The maximum Gasteiger partial charge on any atom is 4.00 e. The van der Waals surface area contributed by atoms with Gasteiger partial charge in [-0.15, -0.1) is 0 Å². The summed E-state index contributed by atoms with van der Waals surface area (Å²) in [6.45, 7) is 16.7. The van der Waals surface area contributed by atoms with Crippen LogP contribution < -0.4 is 19.6 Å². The predicted molar refractivity (Wildman–Crippen MR) is 183 cm³/mol. The van der Waals surface area contributed by atoms with Crippen LogP contribution in [0, 0.1) is 23.7 Å². The summed E-state index contributed by atoms with van der Waals surface area (Å²) in [5.74, 6) is 1.60. The summed E-state index contributed by atoms with van der Waals surface area (Å²) in [6.07, 6.45) is 19.0. The Morgan fingerprint density at radius 3 is 0.622 bits per heavy atom. The van der Waals surface area contributed by atoms with E-state index in [1.54, 1.807) is 0 Å². The van der Waals surface area contributed by atoms with Gasteiger partial charge in [-0.05, 0) is 51.4 Å². The first-order valence-electron chi connectivity index (χ1n) is 17.3. The summed E-state index contributed by atoms with van der Waals surface area (Å²) in [6, 6.07) is 0. The van der Waals surface area contributed by atoms with Gasteiger partial charge < -0.3 is 19.6 Å². The molecule has 0 saturated heterocycles. The van der Waals surface area contributed by atoms with Gasteiger partial charge in [0.2, 0.25) is 0 Å². The van der Waals surface area contributed by atoms with E-state index in [0.29, 0.717) is 48.3 Å². The van der Waals surface area contributed by atoms with Crippen molar-refractivity contribution >= 4 is 32.1 Å². The van der Waals surface area contributed by atoms with Gasteiger partial charge in [-0.1, -0.05) is 125 Å². The van der Waals surface area contributed by atoms with Gasteiger partial charge in [-0.3, -0.25) is 0 Å². The molecule has 0 saturated carbocycles. The first-order valence-corrected chi connectivity index (χ1v) is 22.7. The molecular weight excluding hydrogens is 732 g/mol. The molecule has 45 heavy (non-hydrogen) atoms. The molecule has 0 aromatic heterocycles. The van der Waals surface area contributed by atoms with E-state index < -0.39 is 32.1 Å². The molecule has 13 heteroatoms. The zero-order valence-electron chi connectivity index (χ0n) is 29.9. The number of hydrogen-bond acceptors (Lipinski definition) is 8. The normalized spacial score (nSPS) is 14.3. The third-order valence-electron chi connectivity index (χ3n) is 7.80. The SMILES string of the molecule is CCCCC(CC)C[P+](=O)[O-].CCCCC(CC)C[P+](=O)[O-].CCCCC(CC)C[P+](=O)[O-].CCCCC(CC)C[P+](=O)[O-].[Mo+4]. The Morgan fingerprint density at radius 2 is 0.533 bits per heavy atom. The molecule has 0 rings (SSSR count). The minimum absolute atomic E-state index is 0. The predicted octanol–water partition coefficient (Wildman–Crippen LogP) is 9.22. The fraction of sp³-hybridized carbons (Fsp3) is 1.00. The number of unbranched alkanes of at least 4 members (excludes halogenated alkanes) is 4. The van der Waals surface area contributed by atoms with E-state index in [-0.39, 0.29) is 21.1 Å². The largest absolute Gasteiger partial charge is 4.00 e. The van der Waals surface area contributed by atoms with E-state index in [4.69, 9.17) is 0 Å². The van der Waals surface area contributed by atoms with E-state index in [9.17, 15) is 37.8 Å². The van der Waals surface area contributed by atoms with Crippen LogP contribution in [0.5, 0.6) is 0 Å².